The summed E-state index contributed by atoms with van der Waals surface area (Å²) in [7, 11) is 3.17. The first-order chi connectivity index (χ1) is 24.9. The first-order valence-corrected chi connectivity index (χ1v) is 19.1. The van der Waals surface area contributed by atoms with Gasteiger partial charge in [0.2, 0.25) is 5.91 Å². The number of aldehydes is 1. The second-order valence-corrected chi connectivity index (χ2v) is 14.8. The molecule has 8 heteroatoms. The molecule has 3 aromatic carbocycles. The summed E-state index contributed by atoms with van der Waals surface area (Å²) in [5.74, 6) is 2.61. The summed E-state index contributed by atoms with van der Waals surface area (Å²) in [5, 5.41) is 14.5. The van der Waals surface area contributed by atoms with Crippen LogP contribution in [-0.2, 0) is 27.3 Å². The van der Waals surface area contributed by atoms with Gasteiger partial charge in [-0.3, -0.25) is 9.69 Å². The SMILES string of the molecule is C.CCC(CC)CCC[C@@H]1c2cc(CC(=O)N[C@@H]3CCN(Cc4ccccc4)C3)ccc2OC(C)(C)[C@H]1O.COC(C)C=O.COc1cccc(C)c1. The number of likely N-dealkylation sites (tertiary alicyclic amines) is 1. The van der Waals surface area contributed by atoms with E-state index in [1.165, 1.54) is 37.5 Å². The van der Waals surface area contributed by atoms with Gasteiger partial charge in [-0.15, -0.1) is 0 Å². The number of nitrogens with one attached hydrogen (secondary N) is 1. The predicted octanol–water partition coefficient (Wildman–Crippen LogP) is 8.70. The Bertz CT molecular complexity index is 1490. The Kier molecular flexibility index (Phi) is 19.8. The molecule has 0 saturated carbocycles. The van der Waals surface area contributed by atoms with Crippen LogP contribution >= 0.6 is 0 Å². The Morgan fingerprint density at radius 1 is 1.04 bits per heavy atom. The zero-order valence-corrected chi connectivity index (χ0v) is 32.9. The van der Waals surface area contributed by atoms with Crippen LogP contribution in [-0.4, -0.2) is 73.4 Å². The number of carbonyl (C=O) groups excluding carboxylic acids is 2. The minimum absolute atomic E-state index is 0. The van der Waals surface area contributed by atoms with Gasteiger partial charge in [0.05, 0.1) is 13.5 Å². The molecule has 2 N–H and O–H groups in total. The number of nitrogens with zero attached hydrogens (tertiary/aromatic N) is 1. The molecule has 53 heavy (non-hydrogen) atoms. The number of hydrogen-bond donors (Lipinski definition) is 2. The number of carbonyl (C=O) groups is 2. The van der Waals surface area contributed by atoms with Crippen molar-refractivity contribution in [2.45, 2.75) is 130 Å². The molecule has 0 radical (unpaired) electrons. The summed E-state index contributed by atoms with van der Waals surface area (Å²) in [6, 6.07) is 24.8. The van der Waals surface area contributed by atoms with Crippen LogP contribution in [0.2, 0.25) is 0 Å². The number of ether oxygens (including phenoxy) is 3. The molecule has 5 rings (SSSR count). The summed E-state index contributed by atoms with van der Waals surface area (Å²) in [6.45, 7) is 15.0. The Hall–Kier alpha value is -3.72. The van der Waals surface area contributed by atoms with E-state index in [1.807, 2.05) is 63.2 Å². The minimum atomic E-state index is -0.625. The molecule has 8 nitrogen and oxygen atoms in total. The maximum Gasteiger partial charge on any atom is 0.224 e. The fourth-order valence-electron chi connectivity index (χ4n) is 6.92. The van der Waals surface area contributed by atoms with Crippen LogP contribution in [0.5, 0.6) is 11.5 Å². The molecular weight excluding hydrogens is 665 g/mol. The topological polar surface area (TPSA) is 97.3 Å². The van der Waals surface area contributed by atoms with Crippen molar-refractivity contribution in [3.8, 4) is 11.5 Å². The second kappa shape index (κ2) is 23.1. The molecule has 1 amide bonds. The predicted molar refractivity (Wildman–Crippen MR) is 217 cm³/mol. The van der Waals surface area contributed by atoms with Crippen molar-refractivity contribution in [3.63, 3.8) is 0 Å². The molecule has 4 atom stereocenters. The molecule has 1 unspecified atom stereocenters. The second-order valence-electron chi connectivity index (χ2n) is 14.8. The first kappa shape index (κ1) is 45.4. The van der Waals surface area contributed by atoms with Crippen LogP contribution < -0.4 is 14.8 Å². The Morgan fingerprint density at radius 3 is 2.34 bits per heavy atom. The van der Waals surface area contributed by atoms with E-state index in [9.17, 15) is 14.7 Å². The highest BCUT2D eigenvalue weighted by atomic mass is 16.5. The van der Waals surface area contributed by atoms with E-state index in [0.29, 0.717) is 6.42 Å². The van der Waals surface area contributed by atoms with Crippen molar-refractivity contribution in [3.05, 3.63) is 95.1 Å². The lowest BCUT2D eigenvalue weighted by atomic mass is 9.77. The number of hydrogen-bond acceptors (Lipinski definition) is 7. The molecule has 3 aromatic rings. The molecule has 2 heterocycles. The van der Waals surface area contributed by atoms with E-state index in [1.54, 1.807) is 14.0 Å². The van der Waals surface area contributed by atoms with Gasteiger partial charge in [0.15, 0.2) is 0 Å². The largest absolute Gasteiger partial charge is 0.497 e. The van der Waals surface area contributed by atoms with Gasteiger partial charge in [-0.05, 0) is 81.3 Å². The first-order valence-electron chi connectivity index (χ1n) is 19.1. The van der Waals surface area contributed by atoms with E-state index < -0.39 is 11.7 Å². The fourth-order valence-corrected chi connectivity index (χ4v) is 6.92. The monoisotopic (exact) mass is 733 g/mol. The van der Waals surface area contributed by atoms with E-state index in [-0.39, 0.29) is 31.4 Å². The molecule has 294 valence electrons. The highest BCUT2D eigenvalue weighted by molar-refractivity contribution is 5.79. The van der Waals surface area contributed by atoms with Gasteiger partial charge < -0.3 is 29.4 Å². The lowest BCUT2D eigenvalue weighted by Gasteiger charge is -2.42. The standard InChI is InChI=1S/C32H46N2O3.C8H10O.C4H8O2.CH4/c1-5-23(6-2)13-10-14-27-28-19-25(15-16-29(28)37-32(3,4)31(27)36)20-30(35)33-26-17-18-34(22-26)21-24-11-8-7-9-12-24;1-7-4-3-5-8(6-7)9-2;1-4(3-5)6-2;/h7-9,11-12,15-16,19,23,26-27,31,36H,5-6,10,13-14,17-18,20-22H2,1-4H3,(H,33,35);3-6H,1-2H3;3-4H,1-2H3;1H4/t26-,27-,31+;;;/m1.../s1. The van der Waals surface area contributed by atoms with E-state index in [4.69, 9.17) is 9.47 Å². The summed E-state index contributed by atoms with van der Waals surface area (Å²) in [6.07, 6.45) is 6.90. The number of aliphatic hydroxyl groups excluding tert-OH is 1. The van der Waals surface area contributed by atoms with Crippen LogP contribution in [0, 0.1) is 12.8 Å². The third-order valence-corrected chi connectivity index (χ3v) is 10.3. The number of aryl methyl sites for hydroxylation is 1. The number of rotatable bonds is 14. The summed E-state index contributed by atoms with van der Waals surface area (Å²) >= 11 is 0. The zero-order chi connectivity index (χ0) is 38.1. The van der Waals surface area contributed by atoms with Crippen molar-refractivity contribution in [1.29, 1.82) is 0 Å². The lowest BCUT2D eigenvalue weighted by Crippen LogP contribution is -2.48. The molecule has 0 spiro atoms. The average Bonchev–Trinajstić information content (AvgIpc) is 3.58. The molecular formula is C45H68N2O6. The fraction of sp³-hybridized carbons (Fsp3) is 0.556. The molecule has 0 aromatic heterocycles. The van der Waals surface area contributed by atoms with E-state index in [2.05, 4.69) is 59.1 Å². The third kappa shape index (κ3) is 14.9. The van der Waals surface area contributed by atoms with Crippen LogP contribution in [0.25, 0.3) is 0 Å². The van der Waals surface area contributed by atoms with Crippen LogP contribution in [0.3, 0.4) is 0 Å². The highest BCUT2D eigenvalue weighted by Crippen LogP contribution is 2.44. The van der Waals surface area contributed by atoms with Crippen molar-refractivity contribution in [2.75, 3.05) is 27.3 Å². The average molecular weight is 733 g/mol. The molecule has 1 fully saturated rings. The molecule has 1 saturated heterocycles. The van der Waals surface area contributed by atoms with Crippen LogP contribution in [0.4, 0.5) is 0 Å². The van der Waals surface area contributed by atoms with Crippen molar-refractivity contribution in [1.82, 2.24) is 10.2 Å². The van der Waals surface area contributed by atoms with Crippen LogP contribution in [0.1, 0.15) is 109 Å². The number of fused-ring (bicyclic) bond motifs is 1. The quantitative estimate of drug-likeness (QED) is 0.160. The van der Waals surface area contributed by atoms with Gasteiger partial charge in [-0.1, -0.05) is 102 Å². The Morgan fingerprint density at radius 2 is 1.75 bits per heavy atom. The zero-order valence-electron chi connectivity index (χ0n) is 32.9. The number of amides is 1. The van der Waals surface area contributed by atoms with Crippen LogP contribution in [0.15, 0.2) is 72.8 Å². The van der Waals surface area contributed by atoms with Gasteiger partial charge in [0, 0.05) is 44.3 Å². The van der Waals surface area contributed by atoms with Gasteiger partial charge in [-0.2, -0.15) is 0 Å². The Balaban J connectivity index is 0.000000506. The summed E-state index contributed by atoms with van der Waals surface area (Å²) in [5.41, 5.74) is 3.95. The van der Waals surface area contributed by atoms with E-state index >= 15 is 0 Å². The maximum absolute atomic E-state index is 13.0. The maximum atomic E-state index is 13.0. The Labute approximate surface area is 320 Å². The van der Waals surface area contributed by atoms with Gasteiger partial charge in [0.25, 0.3) is 0 Å². The lowest BCUT2D eigenvalue weighted by molar-refractivity contribution is -0.121. The number of methoxy groups -OCH3 is 2. The highest BCUT2D eigenvalue weighted by Gasteiger charge is 2.42. The molecule has 2 aliphatic heterocycles. The molecule has 0 aliphatic carbocycles. The van der Waals surface area contributed by atoms with Gasteiger partial charge >= 0.3 is 0 Å². The third-order valence-electron chi connectivity index (χ3n) is 10.3. The van der Waals surface area contributed by atoms with Gasteiger partial charge in [0.1, 0.15) is 35.6 Å². The van der Waals surface area contributed by atoms with Crippen molar-refractivity contribution < 1.29 is 28.9 Å². The van der Waals surface area contributed by atoms with Crippen molar-refractivity contribution >= 4 is 12.2 Å². The normalized spacial score (nSPS) is 19.2. The number of aliphatic hydroxyl groups is 1. The minimum Gasteiger partial charge on any atom is -0.497 e. The summed E-state index contributed by atoms with van der Waals surface area (Å²) in [4.78, 5) is 25.0. The number of benzene rings is 3. The van der Waals surface area contributed by atoms with E-state index in [0.717, 1.165) is 73.7 Å². The molecule has 0 bridgehead atoms. The molecule has 2 aliphatic rings. The van der Waals surface area contributed by atoms with Gasteiger partial charge in [-0.25, -0.2) is 0 Å². The summed E-state index contributed by atoms with van der Waals surface area (Å²) < 4.78 is 15.7. The van der Waals surface area contributed by atoms with Crippen molar-refractivity contribution in [2.24, 2.45) is 5.92 Å². The smallest absolute Gasteiger partial charge is 0.224 e.